The number of ether oxygens (including phenoxy) is 1. The van der Waals surface area contributed by atoms with Crippen LogP contribution in [0, 0.1) is 5.41 Å². The van der Waals surface area contributed by atoms with Gasteiger partial charge in [0.1, 0.15) is 5.84 Å². The fourth-order valence-corrected chi connectivity index (χ4v) is 2.41. The van der Waals surface area contributed by atoms with Crippen LogP contribution < -0.4 is 11.1 Å². The molecule has 136 valence electrons. The number of carboxylic acid groups (broad SMARTS) is 1. The maximum Gasteiger partial charge on any atom is 0.335 e. The van der Waals surface area contributed by atoms with Crippen LogP contribution in [0.15, 0.2) is 42.5 Å². The van der Waals surface area contributed by atoms with Crippen LogP contribution in [0.25, 0.3) is 0 Å². The first-order chi connectivity index (χ1) is 12.3. The van der Waals surface area contributed by atoms with E-state index in [4.69, 9.17) is 15.9 Å². The first-order valence-electron chi connectivity index (χ1n) is 7.62. The Morgan fingerprint density at radius 2 is 1.85 bits per heavy atom. The average Bonchev–Trinajstić information content (AvgIpc) is 2.65. The zero-order chi connectivity index (χ0) is 19.3. The van der Waals surface area contributed by atoms with E-state index in [2.05, 4.69) is 5.32 Å². The summed E-state index contributed by atoms with van der Waals surface area (Å²) in [5, 5.41) is 28.9. The summed E-state index contributed by atoms with van der Waals surface area (Å²) in [6.07, 6.45) is 0. The molecule has 0 spiro atoms. The van der Waals surface area contributed by atoms with Crippen molar-refractivity contribution in [2.75, 3.05) is 12.4 Å². The monoisotopic (exact) mass is 357 g/mol. The number of amidine groups is 1. The molecule has 6 N–H and O–H groups in total. The number of aliphatic hydroxyl groups is 1. The normalized spacial score (nSPS) is 11.5. The van der Waals surface area contributed by atoms with Gasteiger partial charge in [-0.25, -0.2) is 9.59 Å². The van der Waals surface area contributed by atoms with Crippen LogP contribution in [0.2, 0.25) is 0 Å². The van der Waals surface area contributed by atoms with Gasteiger partial charge in [0.15, 0.2) is 6.04 Å². The van der Waals surface area contributed by atoms with Gasteiger partial charge < -0.3 is 26.0 Å². The van der Waals surface area contributed by atoms with Crippen molar-refractivity contribution in [3.8, 4) is 0 Å². The fourth-order valence-electron chi connectivity index (χ4n) is 2.41. The number of carboxylic acids is 1. The van der Waals surface area contributed by atoms with Crippen molar-refractivity contribution >= 4 is 23.5 Å². The minimum absolute atomic E-state index is 0.0471. The number of methoxy groups -OCH3 is 1. The second-order valence-corrected chi connectivity index (χ2v) is 5.52. The summed E-state index contributed by atoms with van der Waals surface area (Å²) in [6, 6.07) is 9.75. The summed E-state index contributed by atoms with van der Waals surface area (Å²) >= 11 is 0. The Morgan fingerprint density at radius 3 is 2.35 bits per heavy atom. The second-order valence-electron chi connectivity index (χ2n) is 5.52. The van der Waals surface area contributed by atoms with Gasteiger partial charge in [0.2, 0.25) is 0 Å². The molecule has 0 saturated heterocycles. The van der Waals surface area contributed by atoms with Gasteiger partial charge >= 0.3 is 11.9 Å². The third kappa shape index (κ3) is 4.37. The number of benzene rings is 2. The highest BCUT2D eigenvalue weighted by molar-refractivity contribution is 5.95. The van der Waals surface area contributed by atoms with E-state index in [9.17, 15) is 19.8 Å². The molecule has 26 heavy (non-hydrogen) atoms. The molecule has 0 aliphatic rings. The summed E-state index contributed by atoms with van der Waals surface area (Å²) in [5.74, 6) is -1.87. The largest absolute Gasteiger partial charge is 0.478 e. The molecule has 0 aromatic heterocycles. The highest BCUT2D eigenvalue weighted by Crippen LogP contribution is 2.24. The van der Waals surface area contributed by atoms with Gasteiger partial charge in [-0.05, 0) is 47.5 Å². The predicted molar refractivity (Wildman–Crippen MR) is 95.2 cm³/mol. The Morgan fingerprint density at radius 1 is 1.19 bits per heavy atom. The van der Waals surface area contributed by atoms with Crippen molar-refractivity contribution in [1.29, 1.82) is 5.41 Å². The lowest BCUT2D eigenvalue weighted by Crippen LogP contribution is -2.23. The first-order valence-corrected chi connectivity index (χ1v) is 7.62. The number of rotatable bonds is 7. The number of hydrogen-bond donors (Lipinski definition) is 5. The van der Waals surface area contributed by atoms with Gasteiger partial charge in [0.05, 0.1) is 19.3 Å². The number of aliphatic hydroxyl groups excluding tert-OH is 1. The van der Waals surface area contributed by atoms with Crippen molar-refractivity contribution in [3.05, 3.63) is 64.7 Å². The molecule has 0 bridgehead atoms. The van der Waals surface area contributed by atoms with Crippen molar-refractivity contribution in [3.63, 3.8) is 0 Å². The molecule has 0 saturated carbocycles. The Labute approximate surface area is 149 Å². The third-order valence-corrected chi connectivity index (χ3v) is 3.72. The van der Waals surface area contributed by atoms with E-state index in [0.29, 0.717) is 22.4 Å². The van der Waals surface area contributed by atoms with Crippen LogP contribution in [0.3, 0.4) is 0 Å². The third-order valence-electron chi connectivity index (χ3n) is 3.72. The van der Waals surface area contributed by atoms with E-state index < -0.39 is 18.0 Å². The maximum absolute atomic E-state index is 12.2. The lowest BCUT2D eigenvalue weighted by molar-refractivity contribution is -0.141. The number of hydrogen-bond acceptors (Lipinski definition) is 6. The van der Waals surface area contributed by atoms with E-state index in [-0.39, 0.29) is 18.0 Å². The minimum atomic E-state index is -1.17. The van der Waals surface area contributed by atoms with Gasteiger partial charge in [-0.2, -0.15) is 0 Å². The van der Waals surface area contributed by atoms with Gasteiger partial charge in [-0.3, -0.25) is 5.41 Å². The van der Waals surface area contributed by atoms with Gasteiger partial charge in [0.25, 0.3) is 0 Å². The molecule has 1 atom stereocenters. The highest BCUT2D eigenvalue weighted by Gasteiger charge is 2.23. The van der Waals surface area contributed by atoms with E-state index in [1.54, 1.807) is 24.3 Å². The summed E-state index contributed by atoms with van der Waals surface area (Å²) in [5.41, 5.74) is 7.15. The van der Waals surface area contributed by atoms with Gasteiger partial charge in [-0.15, -0.1) is 0 Å². The Kier molecular flexibility index (Phi) is 5.92. The molecule has 0 heterocycles. The summed E-state index contributed by atoms with van der Waals surface area (Å²) in [6.45, 7) is -0.366. The number of nitrogens with two attached hydrogens (primary N) is 1. The van der Waals surface area contributed by atoms with Crippen LogP contribution in [-0.2, 0) is 16.1 Å². The molecule has 0 fully saturated rings. The van der Waals surface area contributed by atoms with Crippen LogP contribution >= 0.6 is 0 Å². The smallest absolute Gasteiger partial charge is 0.335 e. The molecule has 2 aromatic rings. The Balaban J connectivity index is 2.41. The van der Waals surface area contributed by atoms with Crippen LogP contribution in [0.5, 0.6) is 0 Å². The molecule has 2 aromatic carbocycles. The number of carbonyl (C=O) groups is 2. The lowest BCUT2D eigenvalue weighted by atomic mass is 10.00. The van der Waals surface area contributed by atoms with Gasteiger partial charge in [-0.1, -0.05) is 6.07 Å². The Hall–Kier alpha value is -3.39. The van der Waals surface area contributed by atoms with Crippen molar-refractivity contribution in [2.24, 2.45) is 5.73 Å². The first kappa shape index (κ1) is 18.9. The number of aromatic carboxylic acids is 1. The fraction of sp³-hybridized carbons (Fsp3) is 0.167. The summed E-state index contributed by atoms with van der Waals surface area (Å²) < 4.78 is 4.81. The van der Waals surface area contributed by atoms with Crippen LogP contribution in [0.4, 0.5) is 5.69 Å². The number of nitrogens with one attached hydrogen (secondary N) is 2. The molecule has 0 aliphatic heterocycles. The molecule has 1 unspecified atom stereocenters. The number of anilines is 1. The zero-order valence-corrected chi connectivity index (χ0v) is 14.0. The van der Waals surface area contributed by atoms with E-state index >= 15 is 0 Å². The van der Waals surface area contributed by atoms with Crippen molar-refractivity contribution in [2.45, 2.75) is 12.6 Å². The van der Waals surface area contributed by atoms with E-state index in [1.165, 1.54) is 25.3 Å². The number of esters is 1. The quantitative estimate of drug-likeness (QED) is 0.287. The molecule has 8 heteroatoms. The average molecular weight is 357 g/mol. The van der Waals surface area contributed by atoms with E-state index in [0.717, 1.165) is 0 Å². The van der Waals surface area contributed by atoms with Crippen molar-refractivity contribution < 1.29 is 24.5 Å². The standard InChI is InChI=1S/C18H19N3O5/c1-26-18(25)15(21-14-4-2-11(3-5-14)16(19)20)12-6-10(9-22)7-13(8-12)17(23)24/h2-8,15,21-22H,9H2,1H3,(H3,19,20)(H,23,24). The molecule has 2 rings (SSSR count). The SMILES string of the molecule is COC(=O)C(Nc1ccc(C(=N)N)cc1)c1cc(CO)cc(C(=O)O)c1. The second kappa shape index (κ2) is 8.13. The number of nitrogen functional groups attached to an aromatic ring is 1. The summed E-state index contributed by atoms with van der Waals surface area (Å²) in [4.78, 5) is 23.5. The van der Waals surface area contributed by atoms with Gasteiger partial charge in [0, 0.05) is 11.3 Å². The van der Waals surface area contributed by atoms with E-state index in [1.807, 2.05) is 0 Å². The molecule has 8 nitrogen and oxygen atoms in total. The molecular weight excluding hydrogens is 338 g/mol. The van der Waals surface area contributed by atoms with Crippen LogP contribution in [-0.4, -0.2) is 35.1 Å². The highest BCUT2D eigenvalue weighted by atomic mass is 16.5. The van der Waals surface area contributed by atoms with Crippen molar-refractivity contribution in [1.82, 2.24) is 0 Å². The summed E-state index contributed by atoms with van der Waals surface area (Å²) in [7, 11) is 1.23. The molecule has 0 radical (unpaired) electrons. The maximum atomic E-state index is 12.2. The predicted octanol–water partition coefficient (Wildman–Crippen LogP) is 1.49. The Bertz CT molecular complexity index is 833. The zero-order valence-electron chi connectivity index (χ0n) is 14.0. The molecule has 0 aliphatic carbocycles. The van der Waals surface area contributed by atoms with Crippen LogP contribution in [0.1, 0.15) is 33.1 Å². The number of carbonyl (C=O) groups excluding carboxylic acids is 1. The minimum Gasteiger partial charge on any atom is -0.478 e. The lowest BCUT2D eigenvalue weighted by Gasteiger charge is -2.19. The molecular formula is C18H19N3O5. The topological polar surface area (TPSA) is 146 Å². The molecule has 0 amide bonds.